The summed E-state index contributed by atoms with van der Waals surface area (Å²) in [6.45, 7) is 0. The van der Waals surface area contributed by atoms with E-state index in [1.165, 1.54) is 11.1 Å². The van der Waals surface area contributed by atoms with Crippen LogP contribution in [0, 0.1) is 0 Å². The van der Waals surface area contributed by atoms with Crippen LogP contribution in [-0.4, -0.2) is 19.9 Å². The highest BCUT2D eigenvalue weighted by molar-refractivity contribution is 6.14. The summed E-state index contributed by atoms with van der Waals surface area (Å²) < 4.78 is 6.28. The van der Waals surface area contributed by atoms with Gasteiger partial charge in [0.15, 0.2) is 17.5 Å². The van der Waals surface area contributed by atoms with Crippen molar-refractivity contribution in [3.05, 3.63) is 146 Å². The quantitative estimate of drug-likeness (QED) is 0.209. The first-order valence-electron chi connectivity index (χ1n) is 14.9. The van der Waals surface area contributed by atoms with Gasteiger partial charge < -0.3 is 4.42 Å². The van der Waals surface area contributed by atoms with Gasteiger partial charge in [0, 0.05) is 28.3 Å². The second-order valence-electron chi connectivity index (χ2n) is 11.1. The lowest BCUT2D eigenvalue weighted by Crippen LogP contribution is -2.01. The molecule has 9 aromatic rings. The molecule has 3 aromatic heterocycles. The highest BCUT2D eigenvalue weighted by Gasteiger charge is 2.20. The van der Waals surface area contributed by atoms with Gasteiger partial charge in [-0.25, -0.2) is 19.9 Å². The number of hydrogen-bond donors (Lipinski definition) is 0. The number of nitrogens with zero attached hydrogens (tertiary/aromatic N) is 4. The summed E-state index contributed by atoms with van der Waals surface area (Å²) in [4.78, 5) is 19.9. The van der Waals surface area contributed by atoms with Gasteiger partial charge in [0.25, 0.3) is 0 Å². The minimum atomic E-state index is 0.554. The molecule has 3 heterocycles. The summed E-state index contributed by atoms with van der Waals surface area (Å²) >= 11 is 0. The van der Waals surface area contributed by atoms with Crippen molar-refractivity contribution in [1.29, 1.82) is 0 Å². The summed E-state index contributed by atoms with van der Waals surface area (Å²) in [6.07, 6.45) is 1.76. The highest BCUT2D eigenvalue weighted by atomic mass is 16.3. The molecule has 9 rings (SSSR count). The lowest BCUT2D eigenvalue weighted by atomic mass is 9.94. The van der Waals surface area contributed by atoms with Crippen LogP contribution < -0.4 is 0 Å². The van der Waals surface area contributed by atoms with Crippen LogP contribution in [0.5, 0.6) is 0 Å². The molecule has 6 aromatic carbocycles. The van der Waals surface area contributed by atoms with E-state index in [1.807, 2.05) is 54.6 Å². The molecule has 0 aliphatic carbocycles. The third-order valence-corrected chi connectivity index (χ3v) is 8.40. The maximum absolute atomic E-state index is 6.28. The van der Waals surface area contributed by atoms with Crippen molar-refractivity contribution in [3.8, 4) is 45.3 Å². The lowest BCUT2D eigenvalue weighted by Gasteiger charge is -2.13. The monoisotopic (exact) mass is 576 g/mol. The fourth-order valence-electron chi connectivity index (χ4n) is 6.27. The zero-order chi connectivity index (χ0) is 29.7. The van der Waals surface area contributed by atoms with Crippen molar-refractivity contribution >= 4 is 43.6 Å². The zero-order valence-corrected chi connectivity index (χ0v) is 24.1. The molecule has 0 radical (unpaired) electrons. The Hall–Kier alpha value is -6.20. The first-order chi connectivity index (χ1) is 22.3. The van der Waals surface area contributed by atoms with Crippen molar-refractivity contribution in [2.75, 3.05) is 0 Å². The van der Waals surface area contributed by atoms with Gasteiger partial charge in [0.05, 0.1) is 5.39 Å². The predicted molar refractivity (Wildman–Crippen MR) is 182 cm³/mol. The number of aromatic nitrogens is 4. The lowest BCUT2D eigenvalue weighted by molar-refractivity contribution is 0.654. The average molecular weight is 577 g/mol. The van der Waals surface area contributed by atoms with Crippen molar-refractivity contribution in [2.24, 2.45) is 0 Å². The summed E-state index contributed by atoms with van der Waals surface area (Å²) in [6, 6.07) is 47.8. The Morgan fingerprint density at radius 3 is 1.76 bits per heavy atom. The molecule has 0 atom stereocenters. The van der Waals surface area contributed by atoms with E-state index in [0.717, 1.165) is 54.6 Å². The number of fused-ring (bicyclic) bond motifs is 5. The Labute approximate surface area is 258 Å². The van der Waals surface area contributed by atoms with Crippen LogP contribution in [-0.2, 0) is 0 Å². The van der Waals surface area contributed by atoms with Crippen LogP contribution in [0.2, 0.25) is 0 Å². The number of furan rings is 1. The number of pyridine rings is 1. The van der Waals surface area contributed by atoms with E-state index in [9.17, 15) is 0 Å². The molecule has 0 amide bonds. The maximum Gasteiger partial charge on any atom is 0.228 e. The first-order valence-corrected chi connectivity index (χ1v) is 14.9. The van der Waals surface area contributed by atoms with Crippen molar-refractivity contribution < 1.29 is 4.42 Å². The Morgan fingerprint density at radius 2 is 1.00 bits per heavy atom. The molecule has 0 saturated carbocycles. The minimum absolute atomic E-state index is 0.554. The summed E-state index contributed by atoms with van der Waals surface area (Å²) in [5.41, 5.74) is 6.38. The first kappa shape index (κ1) is 25.3. The SMILES string of the molecule is c1ccc(-c2nc(-c3ccc(-c4ccccc4)c4ccccc34)nc(-c3ccnc4oc5cc6ccccc6cc5c34)n2)cc1. The number of hydrogen-bond acceptors (Lipinski definition) is 5. The van der Waals surface area contributed by atoms with Gasteiger partial charge in [-0.1, -0.05) is 115 Å². The molecule has 0 N–H and O–H groups in total. The Morgan fingerprint density at radius 1 is 0.422 bits per heavy atom. The van der Waals surface area contributed by atoms with Crippen LogP contribution in [0.25, 0.3) is 88.9 Å². The third kappa shape index (κ3) is 4.25. The molecule has 0 aliphatic rings. The van der Waals surface area contributed by atoms with E-state index in [0.29, 0.717) is 23.2 Å². The Kier molecular flexibility index (Phi) is 5.74. The molecule has 210 valence electrons. The van der Waals surface area contributed by atoms with Gasteiger partial charge in [-0.05, 0) is 56.9 Å². The van der Waals surface area contributed by atoms with E-state index in [4.69, 9.17) is 19.4 Å². The summed E-state index contributed by atoms with van der Waals surface area (Å²) in [7, 11) is 0. The number of rotatable bonds is 4. The van der Waals surface area contributed by atoms with E-state index in [1.54, 1.807) is 6.20 Å². The standard InChI is InChI=1S/C40H24N4O/c1-3-11-25(12-4-1)29-19-20-32(31-18-10-9-17-30(29)31)38-42-37(26-13-5-2-6-14-26)43-39(44-38)33-21-22-41-40-36(33)34-23-27-15-7-8-16-28(27)24-35(34)45-40/h1-24H. The molecule has 5 nitrogen and oxygen atoms in total. The normalized spacial score (nSPS) is 11.6. The van der Waals surface area contributed by atoms with Crippen molar-refractivity contribution in [2.45, 2.75) is 0 Å². The largest absolute Gasteiger partial charge is 0.438 e. The highest BCUT2D eigenvalue weighted by Crippen LogP contribution is 2.39. The Bertz CT molecular complexity index is 2540. The van der Waals surface area contributed by atoms with Crippen molar-refractivity contribution in [1.82, 2.24) is 19.9 Å². The Balaban J connectivity index is 1.32. The van der Waals surface area contributed by atoms with E-state index in [-0.39, 0.29) is 0 Å². The van der Waals surface area contributed by atoms with Gasteiger partial charge in [0.1, 0.15) is 5.58 Å². The third-order valence-electron chi connectivity index (χ3n) is 8.40. The molecule has 45 heavy (non-hydrogen) atoms. The fraction of sp³-hybridized carbons (Fsp3) is 0. The average Bonchev–Trinajstić information content (AvgIpc) is 3.48. The second-order valence-corrected chi connectivity index (χ2v) is 11.1. The van der Waals surface area contributed by atoms with Gasteiger partial charge >= 0.3 is 0 Å². The van der Waals surface area contributed by atoms with Crippen LogP contribution >= 0.6 is 0 Å². The van der Waals surface area contributed by atoms with Crippen LogP contribution in [0.15, 0.2) is 150 Å². The van der Waals surface area contributed by atoms with Gasteiger partial charge in [0.2, 0.25) is 5.71 Å². The topological polar surface area (TPSA) is 64.7 Å². The molecule has 0 unspecified atom stereocenters. The zero-order valence-electron chi connectivity index (χ0n) is 24.1. The molecule has 0 saturated heterocycles. The molecule has 0 bridgehead atoms. The predicted octanol–water partition coefficient (Wildman–Crippen LogP) is 10.1. The molecule has 0 spiro atoms. The van der Waals surface area contributed by atoms with Gasteiger partial charge in [-0.2, -0.15) is 0 Å². The van der Waals surface area contributed by atoms with Gasteiger partial charge in [-0.3, -0.25) is 0 Å². The molecular weight excluding hydrogens is 552 g/mol. The van der Waals surface area contributed by atoms with Crippen molar-refractivity contribution in [3.63, 3.8) is 0 Å². The molecule has 5 heteroatoms. The smallest absolute Gasteiger partial charge is 0.228 e. The molecular formula is C40H24N4O. The molecule has 0 aliphatic heterocycles. The number of benzene rings is 6. The minimum Gasteiger partial charge on any atom is -0.438 e. The van der Waals surface area contributed by atoms with Crippen LogP contribution in [0.3, 0.4) is 0 Å². The fourth-order valence-corrected chi connectivity index (χ4v) is 6.27. The second kappa shape index (κ2) is 10.2. The summed E-state index contributed by atoms with van der Waals surface area (Å²) in [5, 5.41) is 6.34. The van der Waals surface area contributed by atoms with Crippen LogP contribution in [0.4, 0.5) is 0 Å². The van der Waals surface area contributed by atoms with E-state index >= 15 is 0 Å². The van der Waals surface area contributed by atoms with E-state index < -0.39 is 0 Å². The van der Waals surface area contributed by atoms with Crippen LogP contribution in [0.1, 0.15) is 0 Å². The summed E-state index contributed by atoms with van der Waals surface area (Å²) in [5.74, 6) is 1.78. The van der Waals surface area contributed by atoms with Gasteiger partial charge in [-0.15, -0.1) is 0 Å². The van der Waals surface area contributed by atoms with E-state index in [2.05, 4.69) is 89.9 Å². The molecule has 0 fully saturated rings. The maximum atomic E-state index is 6.28.